The first-order valence-corrected chi connectivity index (χ1v) is 8.73. The lowest BCUT2D eigenvalue weighted by Crippen LogP contribution is -2.01. The van der Waals surface area contributed by atoms with Crippen LogP contribution in [0, 0.1) is 0 Å². The quantitative estimate of drug-likeness (QED) is 0.327. The van der Waals surface area contributed by atoms with Gasteiger partial charge in [0.2, 0.25) is 0 Å². The zero-order valence-electron chi connectivity index (χ0n) is 13.7. The van der Waals surface area contributed by atoms with Gasteiger partial charge in [0.25, 0.3) is 0 Å². The minimum Gasteiger partial charge on any atom is -0.481 e. The molecule has 0 saturated heterocycles. The summed E-state index contributed by atoms with van der Waals surface area (Å²) in [5, 5.41) is 18.3. The second-order valence-corrected chi connectivity index (χ2v) is 5.90. The minimum atomic E-state index is -0.695. The van der Waals surface area contributed by atoms with Crippen LogP contribution in [0.3, 0.4) is 0 Å². The van der Waals surface area contributed by atoms with Crippen molar-refractivity contribution in [3.05, 3.63) is 12.2 Å². The molecule has 0 aromatic rings. The minimum absolute atomic E-state index is 0.289. The Morgan fingerprint density at radius 3 is 2.24 bits per heavy atom. The van der Waals surface area contributed by atoms with E-state index in [2.05, 4.69) is 13.0 Å². The van der Waals surface area contributed by atoms with E-state index in [0.29, 0.717) is 6.42 Å². The van der Waals surface area contributed by atoms with E-state index >= 15 is 0 Å². The highest BCUT2D eigenvalue weighted by Crippen LogP contribution is 2.11. The molecule has 3 heteroatoms. The van der Waals surface area contributed by atoms with Crippen LogP contribution in [0.4, 0.5) is 0 Å². The lowest BCUT2D eigenvalue weighted by atomic mass is 10.1. The summed E-state index contributed by atoms with van der Waals surface area (Å²) in [6, 6.07) is 0. The average molecular weight is 298 g/mol. The number of aliphatic carboxylic acids is 1. The molecule has 0 fully saturated rings. The van der Waals surface area contributed by atoms with Gasteiger partial charge in [-0.1, -0.05) is 70.4 Å². The molecule has 0 unspecified atom stereocenters. The van der Waals surface area contributed by atoms with Crippen LogP contribution in [0.1, 0.15) is 90.4 Å². The summed E-state index contributed by atoms with van der Waals surface area (Å²) >= 11 is 0. The molecule has 0 rings (SSSR count). The molecule has 0 aromatic carbocycles. The Bertz CT molecular complexity index is 261. The fourth-order valence-corrected chi connectivity index (χ4v) is 2.38. The first-order valence-electron chi connectivity index (χ1n) is 8.73. The number of allylic oxidation sites excluding steroid dienone is 1. The summed E-state index contributed by atoms with van der Waals surface area (Å²) in [5.41, 5.74) is 0. The molecular formula is C18H34O3. The predicted octanol–water partition coefficient (Wildman–Crippen LogP) is 5.08. The van der Waals surface area contributed by atoms with Crippen molar-refractivity contribution in [2.45, 2.75) is 96.5 Å². The normalized spacial score (nSPS) is 12.9. The van der Waals surface area contributed by atoms with Crippen molar-refractivity contribution in [1.82, 2.24) is 0 Å². The third-order valence-electron chi connectivity index (χ3n) is 3.72. The van der Waals surface area contributed by atoms with E-state index in [1.54, 1.807) is 0 Å². The molecule has 1 atom stereocenters. The summed E-state index contributed by atoms with van der Waals surface area (Å²) in [6.45, 7) is 2.21. The van der Waals surface area contributed by atoms with E-state index in [0.717, 1.165) is 51.4 Å². The second-order valence-electron chi connectivity index (χ2n) is 5.90. The largest absolute Gasteiger partial charge is 0.481 e. The van der Waals surface area contributed by atoms with Crippen LogP contribution < -0.4 is 0 Å². The van der Waals surface area contributed by atoms with E-state index in [-0.39, 0.29) is 6.10 Å². The second kappa shape index (κ2) is 15.6. The van der Waals surface area contributed by atoms with Crippen LogP contribution >= 0.6 is 0 Å². The van der Waals surface area contributed by atoms with Gasteiger partial charge in [0.05, 0.1) is 6.10 Å². The molecule has 0 spiro atoms. The van der Waals surface area contributed by atoms with Gasteiger partial charge < -0.3 is 10.2 Å². The number of hydrogen-bond acceptors (Lipinski definition) is 2. The lowest BCUT2D eigenvalue weighted by molar-refractivity contribution is -0.137. The zero-order valence-corrected chi connectivity index (χ0v) is 13.7. The number of carbonyl (C=O) groups is 1. The van der Waals surface area contributed by atoms with Crippen LogP contribution in [0.15, 0.2) is 12.2 Å². The third-order valence-corrected chi connectivity index (χ3v) is 3.72. The van der Waals surface area contributed by atoms with E-state index in [1.807, 2.05) is 6.08 Å². The number of carboxylic acids is 1. The Morgan fingerprint density at radius 1 is 0.952 bits per heavy atom. The fraction of sp³-hybridized carbons (Fsp3) is 0.833. The number of aliphatic hydroxyl groups excluding tert-OH is 1. The van der Waals surface area contributed by atoms with Crippen LogP contribution in [-0.2, 0) is 4.79 Å². The van der Waals surface area contributed by atoms with Gasteiger partial charge in [-0.2, -0.15) is 0 Å². The maximum absolute atomic E-state index is 10.3. The maximum Gasteiger partial charge on any atom is 0.303 e. The summed E-state index contributed by atoms with van der Waals surface area (Å²) in [7, 11) is 0. The van der Waals surface area contributed by atoms with Crippen molar-refractivity contribution in [2.75, 3.05) is 0 Å². The number of unbranched alkanes of at least 4 members (excludes halogenated alkanes) is 9. The maximum atomic E-state index is 10.3. The molecule has 0 heterocycles. The fourth-order valence-electron chi connectivity index (χ4n) is 2.38. The SMILES string of the molecule is CCCCCC/C=C\[C@@H](O)CCCCCCCCC(=O)O. The molecule has 0 amide bonds. The Balaban J connectivity index is 3.27. The molecule has 3 nitrogen and oxygen atoms in total. The van der Waals surface area contributed by atoms with Crippen molar-refractivity contribution in [3.63, 3.8) is 0 Å². The Hall–Kier alpha value is -0.830. The van der Waals surface area contributed by atoms with Gasteiger partial charge in [0.15, 0.2) is 0 Å². The first kappa shape index (κ1) is 20.2. The van der Waals surface area contributed by atoms with Crippen molar-refractivity contribution in [2.24, 2.45) is 0 Å². The van der Waals surface area contributed by atoms with Crippen molar-refractivity contribution < 1.29 is 15.0 Å². The van der Waals surface area contributed by atoms with Crippen molar-refractivity contribution in [1.29, 1.82) is 0 Å². The summed E-state index contributed by atoms with van der Waals surface area (Å²) in [6.07, 6.45) is 17.3. The summed E-state index contributed by atoms with van der Waals surface area (Å²) < 4.78 is 0. The van der Waals surface area contributed by atoms with E-state index in [1.165, 1.54) is 25.7 Å². The number of hydrogen-bond donors (Lipinski definition) is 2. The molecule has 0 saturated carbocycles. The first-order chi connectivity index (χ1) is 10.2. The molecule has 0 aliphatic rings. The van der Waals surface area contributed by atoms with Gasteiger partial charge in [0, 0.05) is 6.42 Å². The molecule has 0 aliphatic carbocycles. The van der Waals surface area contributed by atoms with Gasteiger partial charge >= 0.3 is 5.97 Å². The van der Waals surface area contributed by atoms with Gasteiger partial charge in [-0.15, -0.1) is 0 Å². The van der Waals surface area contributed by atoms with E-state index in [4.69, 9.17) is 5.11 Å². The van der Waals surface area contributed by atoms with E-state index < -0.39 is 5.97 Å². The van der Waals surface area contributed by atoms with Crippen LogP contribution in [-0.4, -0.2) is 22.3 Å². The molecule has 2 N–H and O–H groups in total. The number of aliphatic hydroxyl groups is 1. The van der Waals surface area contributed by atoms with Gasteiger partial charge in [-0.25, -0.2) is 0 Å². The molecule has 0 aliphatic heterocycles. The predicted molar refractivity (Wildman–Crippen MR) is 88.5 cm³/mol. The Morgan fingerprint density at radius 2 is 1.57 bits per heavy atom. The number of carboxylic acid groups (broad SMARTS) is 1. The van der Waals surface area contributed by atoms with Crippen molar-refractivity contribution >= 4 is 5.97 Å². The highest BCUT2D eigenvalue weighted by molar-refractivity contribution is 5.66. The van der Waals surface area contributed by atoms with Gasteiger partial charge in [-0.3, -0.25) is 4.79 Å². The topological polar surface area (TPSA) is 57.5 Å². The van der Waals surface area contributed by atoms with E-state index in [9.17, 15) is 9.90 Å². The van der Waals surface area contributed by atoms with Gasteiger partial charge in [-0.05, 0) is 25.7 Å². The molecule has 124 valence electrons. The monoisotopic (exact) mass is 298 g/mol. The number of rotatable bonds is 15. The molecule has 21 heavy (non-hydrogen) atoms. The summed E-state index contributed by atoms with van der Waals surface area (Å²) in [5.74, 6) is -0.695. The molecule has 0 aromatic heterocycles. The third kappa shape index (κ3) is 17.1. The van der Waals surface area contributed by atoms with Gasteiger partial charge in [0.1, 0.15) is 0 Å². The van der Waals surface area contributed by atoms with Crippen molar-refractivity contribution in [3.8, 4) is 0 Å². The molecule has 0 radical (unpaired) electrons. The Kier molecular flexibility index (Phi) is 14.9. The highest BCUT2D eigenvalue weighted by atomic mass is 16.4. The van der Waals surface area contributed by atoms with Crippen LogP contribution in [0.25, 0.3) is 0 Å². The molecule has 0 bridgehead atoms. The van der Waals surface area contributed by atoms with Crippen LogP contribution in [0.5, 0.6) is 0 Å². The lowest BCUT2D eigenvalue weighted by Gasteiger charge is -2.05. The summed E-state index contributed by atoms with van der Waals surface area (Å²) in [4.78, 5) is 10.3. The van der Waals surface area contributed by atoms with Crippen LogP contribution in [0.2, 0.25) is 0 Å². The zero-order chi connectivity index (χ0) is 15.8. The smallest absolute Gasteiger partial charge is 0.303 e. The molecular weight excluding hydrogens is 264 g/mol. The highest BCUT2D eigenvalue weighted by Gasteiger charge is 2.00. The average Bonchev–Trinajstić information content (AvgIpc) is 2.45. The standard InChI is InChI=1S/C18H34O3/c1-2-3-4-5-8-11-14-17(19)15-12-9-6-7-10-13-16-18(20)21/h11,14,17,19H,2-10,12-13,15-16H2,1H3,(H,20,21)/b14-11-/t17-/m1/s1. The Labute approximate surface area is 130 Å².